The molecular weight excluding hydrogens is 336 g/mol. The fourth-order valence-electron chi connectivity index (χ4n) is 4.84. The maximum absolute atomic E-state index is 4.56. The Kier molecular flexibility index (Phi) is 5.03. The van der Waals surface area contributed by atoms with E-state index in [0.29, 0.717) is 0 Å². The Hall–Kier alpha value is -1.79. The first-order chi connectivity index (χ1) is 13.0. The van der Waals surface area contributed by atoms with Gasteiger partial charge in [-0.15, -0.1) is 5.10 Å². The van der Waals surface area contributed by atoms with Crippen molar-refractivity contribution < 1.29 is 9.80 Å². The Morgan fingerprint density at radius 1 is 1.19 bits per heavy atom. The molecule has 0 spiro atoms. The fraction of sp³-hybridized carbons (Fsp3) is 0.667. The first-order valence-corrected chi connectivity index (χ1v) is 10.5. The maximum Gasteiger partial charge on any atom is 0.214 e. The minimum Gasteiger partial charge on any atom is -0.323 e. The number of rotatable bonds is 5. The Balaban J connectivity index is 1.73. The van der Waals surface area contributed by atoms with Crippen LogP contribution in [0.2, 0.25) is 0 Å². The van der Waals surface area contributed by atoms with Crippen LogP contribution in [0.15, 0.2) is 24.3 Å². The van der Waals surface area contributed by atoms with Gasteiger partial charge in [-0.3, -0.25) is 0 Å². The van der Waals surface area contributed by atoms with Crippen molar-refractivity contribution in [2.45, 2.75) is 64.6 Å². The van der Waals surface area contributed by atoms with E-state index in [1.165, 1.54) is 50.1 Å². The van der Waals surface area contributed by atoms with Crippen LogP contribution in [0.5, 0.6) is 0 Å². The van der Waals surface area contributed by atoms with Crippen molar-refractivity contribution in [3.05, 3.63) is 41.2 Å². The summed E-state index contributed by atoms with van der Waals surface area (Å²) in [6, 6.07) is 9.99. The second-order valence-corrected chi connectivity index (χ2v) is 9.07. The number of fused-ring (bicyclic) bond motifs is 1. The number of aryl methyl sites for hydroxylation is 1. The number of benzene rings is 1. The topological polar surface area (TPSA) is 52.5 Å². The van der Waals surface area contributed by atoms with Crippen LogP contribution in [0.3, 0.4) is 0 Å². The van der Waals surface area contributed by atoms with Gasteiger partial charge in [0.2, 0.25) is 5.82 Å². The van der Waals surface area contributed by atoms with Gasteiger partial charge in [-0.1, -0.05) is 36.8 Å². The van der Waals surface area contributed by atoms with Crippen LogP contribution in [-0.4, -0.2) is 52.4 Å². The van der Waals surface area contributed by atoms with E-state index in [0.717, 1.165) is 18.3 Å². The average Bonchev–Trinajstić information content (AvgIpc) is 3.33. The van der Waals surface area contributed by atoms with Gasteiger partial charge in [0, 0.05) is 18.4 Å². The third-order valence-corrected chi connectivity index (χ3v) is 6.91. The van der Waals surface area contributed by atoms with Crippen LogP contribution in [-0.2, 0) is 5.54 Å². The predicted molar refractivity (Wildman–Crippen MR) is 105 cm³/mol. The summed E-state index contributed by atoms with van der Waals surface area (Å²) >= 11 is 0. The molecule has 27 heavy (non-hydrogen) atoms. The minimum absolute atomic E-state index is 0.0817. The van der Waals surface area contributed by atoms with Crippen molar-refractivity contribution in [3.63, 3.8) is 0 Å². The highest BCUT2D eigenvalue weighted by molar-refractivity contribution is 5.26. The first-order valence-electron chi connectivity index (χ1n) is 10.5. The number of hydrogen-bond acceptors (Lipinski definition) is 3. The maximum atomic E-state index is 4.56. The molecule has 4 atom stereocenters. The van der Waals surface area contributed by atoms with Gasteiger partial charge in [-0.2, -0.15) is 0 Å². The van der Waals surface area contributed by atoms with Crippen LogP contribution in [0.1, 0.15) is 63.0 Å². The van der Waals surface area contributed by atoms with Crippen molar-refractivity contribution in [1.82, 2.24) is 20.2 Å². The van der Waals surface area contributed by atoms with E-state index in [4.69, 9.17) is 0 Å². The lowest BCUT2D eigenvalue weighted by molar-refractivity contribution is -1.03. The predicted octanol–water partition coefficient (Wildman–Crippen LogP) is 0.162. The largest absolute Gasteiger partial charge is 0.323 e. The number of hydrogen-bond donors (Lipinski definition) is 2. The zero-order chi connectivity index (χ0) is 19.0. The number of quaternary nitrogens is 2. The van der Waals surface area contributed by atoms with Crippen molar-refractivity contribution in [2.75, 3.05) is 26.2 Å². The molecule has 0 aliphatic carbocycles. The second-order valence-electron chi connectivity index (χ2n) is 9.07. The van der Waals surface area contributed by atoms with Gasteiger partial charge in [0.25, 0.3) is 0 Å². The SMILES string of the molecule is CCC(C)(C)n1nnnc1[C@H](c1ccc(C)cc1)[NH+]1CC[NH+]2CCC[C@@H]2C1. The summed E-state index contributed by atoms with van der Waals surface area (Å²) in [5, 5.41) is 13.1. The smallest absolute Gasteiger partial charge is 0.214 e. The first kappa shape index (κ1) is 18.6. The molecule has 0 bridgehead atoms. The van der Waals surface area contributed by atoms with E-state index >= 15 is 0 Å². The Morgan fingerprint density at radius 3 is 2.70 bits per heavy atom. The second kappa shape index (κ2) is 7.32. The zero-order valence-electron chi connectivity index (χ0n) is 17.2. The molecule has 2 aliphatic rings. The summed E-state index contributed by atoms with van der Waals surface area (Å²) in [6.07, 6.45) is 3.75. The minimum atomic E-state index is -0.0817. The summed E-state index contributed by atoms with van der Waals surface area (Å²) < 4.78 is 2.08. The lowest BCUT2D eigenvalue weighted by Gasteiger charge is -2.37. The Labute approximate surface area is 162 Å². The van der Waals surface area contributed by atoms with Crippen LogP contribution < -0.4 is 9.80 Å². The third-order valence-electron chi connectivity index (χ3n) is 6.91. The molecule has 6 heteroatoms. The molecule has 2 N–H and O–H groups in total. The van der Waals surface area contributed by atoms with E-state index in [1.54, 1.807) is 4.90 Å². The molecule has 0 amide bonds. The Bertz CT molecular complexity index is 765. The summed E-state index contributed by atoms with van der Waals surface area (Å²) in [6.45, 7) is 13.8. The highest BCUT2D eigenvalue weighted by atomic mass is 15.6. The Morgan fingerprint density at radius 2 is 1.96 bits per heavy atom. The molecule has 1 aromatic carbocycles. The molecule has 0 saturated carbocycles. The standard InChI is InChI=1S/C21H32N6/c1-5-21(3,4)27-20(22-23-24-27)19(17-10-8-16(2)9-11-17)26-14-13-25-12-6-7-18(25)15-26/h8-11,18-19H,5-7,12-15H2,1-4H3/p+2/t18-,19+/m1/s1. The van der Waals surface area contributed by atoms with Gasteiger partial charge < -0.3 is 9.80 Å². The lowest BCUT2D eigenvalue weighted by atomic mass is 9.98. The van der Waals surface area contributed by atoms with E-state index in [-0.39, 0.29) is 11.6 Å². The van der Waals surface area contributed by atoms with Crippen molar-refractivity contribution in [1.29, 1.82) is 0 Å². The monoisotopic (exact) mass is 370 g/mol. The molecule has 1 aromatic heterocycles. The molecular formula is C21H34N6+2. The molecule has 2 aliphatic heterocycles. The molecule has 2 unspecified atom stereocenters. The average molecular weight is 371 g/mol. The fourth-order valence-corrected chi connectivity index (χ4v) is 4.84. The molecule has 4 rings (SSSR count). The summed E-state index contributed by atoms with van der Waals surface area (Å²) in [7, 11) is 0. The van der Waals surface area contributed by atoms with Crippen LogP contribution in [0, 0.1) is 6.92 Å². The number of piperazine rings is 1. The van der Waals surface area contributed by atoms with E-state index in [1.807, 2.05) is 4.90 Å². The molecule has 0 radical (unpaired) electrons. The quantitative estimate of drug-likeness (QED) is 0.789. The lowest BCUT2D eigenvalue weighted by Crippen LogP contribution is -3.29. The highest BCUT2D eigenvalue weighted by Crippen LogP contribution is 2.25. The number of nitrogens with zero attached hydrogens (tertiary/aromatic N) is 4. The van der Waals surface area contributed by atoms with Gasteiger partial charge in [0.15, 0.2) is 6.04 Å². The summed E-state index contributed by atoms with van der Waals surface area (Å²) in [5.74, 6) is 1.02. The molecule has 6 nitrogen and oxygen atoms in total. The van der Waals surface area contributed by atoms with Gasteiger partial charge in [-0.25, -0.2) is 4.68 Å². The van der Waals surface area contributed by atoms with Crippen molar-refractivity contribution in [2.24, 2.45) is 0 Å². The molecule has 2 aromatic rings. The highest BCUT2D eigenvalue weighted by Gasteiger charge is 2.43. The third kappa shape index (κ3) is 3.52. The number of nitrogens with one attached hydrogen (secondary N) is 2. The van der Waals surface area contributed by atoms with Gasteiger partial charge in [0.1, 0.15) is 25.7 Å². The normalized spacial score (nSPS) is 26.7. The molecule has 146 valence electrons. The van der Waals surface area contributed by atoms with Crippen molar-refractivity contribution >= 4 is 0 Å². The van der Waals surface area contributed by atoms with Crippen LogP contribution in [0.4, 0.5) is 0 Å². The van der Waals surface area contributed by atoms with Gasteiger partial charge in [-0.05, 0) is 37.6 Å². The van der Waals surface area contributed by atoms with Crippen LogP contribution in [0.25, 0.3) is 0 Å². The van der Waals surface area contributed by atoms with Gasteiger partial charge >= 0.3 is 0 Å². The summed E-state index contributed by atoms with van der Waals surface area (Å²) in [4.78, 5) is 3.44. The van der Waals surface area contributed by atoms with E-state index in [2.05, 4.69) is 72.2 Å². The number of aromatic nitrogens is 4. The van der Waals surface area contributed by atoms with Gasteiger partial charge in [0.05, 0.1) is 12.1 Å². The van der Waals surface area contributed by atoms with Crippen LogP contribution >= 0.6 is 0 Å². The zero-order valence-corrected chi connectivity index (χ0v) is 17.2. The molecule has 3 heterocycles. The van der Waals surface area contributed by atoms with E-state index < -0.39 is 0 Å². The van der Waals surface area contributed by atoms with E-state index in [9.17, 15) is 0 Å². The molecule has 2 fully saturated rings. The number of tetrazole rings is 1. The van der Waals surface area contributed by atoms with Crippen molar-refractivity contribution in [3.8, 4) is 0 Å². The summed E-state index contributed by atoms with van der Waals surface area (Å²) in [5.41, 5.74) is 2.55. The molecule has 2 saturated heterocycles.